The molecule has 4 aromatic rings. The third-order valence-electron chi connectivity index (χ3n) is 4.44. The van der Waals surface area contributed by atoms with Gasteiger partial charge in [0.05, 0.1) is 15.9 Å². The van der Waals surface area contributed by atoms with Crippen molar-refractivity contribution in [2.24, 2.45) is 5.14 Å². The molecule has 7 nitrogen and oxygen atoms in total. The molecule has 0 spiro atoms. The van der Waals surface area contributed by atoms with Crippen molar-refractivity contribution >= 4 is 56.0 Å². The number of sulfonamides is 1. The Morgan fingerprint density at radius 1 is 1.06 bits per heavy atom. The molecule has 1 unspecified atom stereocenters. The van der Waals surface area contributed by atoms with Crippen LogP contribution >= 0.6 is 23.4 Å². The van der Waals surface area contributed by atoms with Crippen LogP contribution < -0.4 is 10.5 Å². The molecule has 0 aliphatic rings. The third-order valence-corrected chi connectivity index (χ3v) is 6.75. The van der Waals surface area contributed by atoms with Crippen LogP contribution in [0.1, 0.15) is 10.8 Å². The number of amides is 1. The summed E-state index contributed by atoms with van der Waals surface area (Å²) in [6.45, 7) is 0. The van der Waals surface area contributed by atoms with E-state index in [1.807, 2.05) is 36.4 Å². The molecule has 31 heavy (non-hydrogen) atoms. The van der Waals surface area contributed by atoms with Crippen LogP contribution in [0.3, 0.4) is 0 Å². The first-order valence-electron chi connectivity index (χ1n) is 9.10. The number of aromatic amines is 1. The summed E-state index contributed by atoms with van der Waals surface area (Å²) >= 11 is 7.32. The van der Waals surface area contributed by atoms with Gasteiger partial charge in [-0.2, -0.15) is 0 Å². The van der Waals surface area contributed by atoms with Crippen molar-refractivity contribution in [2.45, 2.75) is 15.3 Å². The van der Waals surface area contributed by atoms with Crippen LogP contribution in [0.4, 0.5) is 5.69 Å². The van der Waals surface area contributed by atoms with Crippen molar-refractivity contribution in [1.82, 2.24) is 9.97 Å². The molecule has 1 heterocycles. The van der Waals surface area contributed by atoms with E-state index in [1.165, 1.54) is 36.0 Å². The Balaban J connectivity index is 1.60. The molecule has 1 aromatic heterocycles. The quantitative estimate of drug-likeness (QED) is 0.361. The molecule has 0 aliphatic carbocycles. The molecule has 4 rings (SSSR count). The summed E-state index contributed by atoms with van der Waals surface area (Å²) in [5, 5.41) is 8.51. The fourth-order valence-electron chi connectivity index (χ4n) is 2.96. The van der Waals surface area contributed by atoms with Gasteiger partial charge >= 0.3 is 0 Å². The Morgan fingerprint density at radius 2 is 1.77 bits per heavy atom. The number of nitrogens with two attached hydrogens (primary N) is 1. The fourth-order valence-corrected chi connectivity index (χ4v) is 4.65. The molecule has 1 atom stereocenters. The first kappa shape index (κ1) is 21.4. The zero-order chi connectivity index (χ0) is 22.0. The predicted octanol–water partition coefficient (Wildman–Crippen LogP) is 4.34. The number of rotatable bonds is 6. The second kappa shape index (κ2) is 8.72. The molecule has 0 saturated heterocycles. The van der Waals surface area contributed by atoms with E-state index in [9.17, 15) is 13.2 Å². The molecule has 10 heteroatoms. The van der Waals surface area contributed by atoms with Crippen LogP contribution in [-0.2, 0) is 14.8 Å². The number of anilines is 1. The first-order chi connectivity index (χ1) is 14.8. The Morgan fingerprint density at radius 3 is 2.45 bits per heavy atom. The number of benzene rings is 3. The summed E-state index contributed by atoms with van der Waals surface area (Å²) in [4.78, 5) is 20.8. The average molecular weight is 473 g/mol. The van der Waals surface area contributed by atoms with E-state index in [0.717, 1.165) is 16.6 Å². The number of carbonyl (C=O) groups is 1. The van der Waals surface area contributed by atoms with Gasteiger partial charge in [0.2, 0.25) is 15.9 Å². The highest BCUT2D eigenvalue weighted by atomic mass is 35.5. The van der Waals surface area contributed by atoms with Crippen molar-refractivity contribution in [3.8, 4) is 0 Å². The van der Waals surface area contributed by atoms with Gasteiger partial charge in [0.25, 0.3) is 0 Å². The largest absolute Gasteiger partial charge is 0.333 e. The lowest BCUT2D eigenvalue weighted by molar-refractivity contribution is -0.115. The Labute approximate surface area is 188 Å². The number of H-pyrrole nitrogens is 1. The van der Waals surface area contributed by atoms with Gasteiger partial charge in [-0.1, -0.05) is 53.7 Å². The van der Waals surface area contributed by atoms with Crippen molar-refractivity contribution in [1.29, 1.82) is 0 Å². The zero-order valence-electron chi connectivity index (χ0n) is 15.9. The number of fused-ring (bicyclic) bond motifs is 1. The summed E-state index contributed by atoms with van der Waals surface area (Å²) in [5.74, 6) is -0.280. The third kappa shape index (κ3) is 5.08. The standard InChI is InChI=1S/C21H17ClN4O3S2/c22-14-6-11-17-18(12-14)26-21(25-17)30-19(13-4-2-1-3-5-13)20(27)24-15-7-9-16(10-8-15)31(23,28)29/h1-12,19H,(H,24,27)(H,25,26)(H2,23,28,29). The number of thioether (sulfide) groups is 1. The van der Waals surface area contributed by atoms with Gasteiger partial charge in [-0.3, -0.25) is 4.79 Å². The second-order valence-corrected chi connectivity index (χ2v) is 9.76. The summed E-state index contributed by atoms with van der Waals surface area (Å²) < 4.78 is 22.9. The van der Waals surface area contributed by atoms with Crippen molar-refractivity contribution in [3.05, 3.63) is 83.4 Å². The summed E-state index contributed by atoms with van der Waals surface area (Å²) in [7, 11) is -3.80. The molecule has 0 saturated carbocycles. The molecular weight excluding hydrogens is 456 g/mol. The molecule has 0 aliphatic heterocycles. The molecule has 3 aromatic carbocycles. The topological polar surface area (TPSA) is 118 Å². The summed E-state index contributed by atoms with van der Waals surface area (Å²) in [5.41, 5.74) is 2.78. The average Bonchev–Trinajstić information content (AvgIpc) is 3.14. The van der Waals surface area contributed by atoms with E-state index in [-0.39, 0.29) is 10.8 Å². The number of hydrogen-bond acceptors (Lipinski definition) is 5. The van der Waals surface area contributed by atoms with E-state index in [2.05, 4.69) is 15.3 Å². The maximum Gasteiger partial charge on any atom is 0.242 e. The van der Waals surface area contributed by atoms with Gasteiger partial charge in [-0.25, -0.2) is 18.5 Å². The minimum absolute atomic E-state index is 0.0274. The molecule has 0 radical (unpaired) electrons. The number of hydrogen-bond donors (Lipinski definition) is 3. The fraction of sp³-hybridized carbons (Fsp3) is 0.0476. The van der Waals surface area contributed by atoms with Crippen LogP contribution in [0.25, 0.3) is 11.0 Å². The molecule has 4 N–H and O–H groups in total. The van der Waals surface area contributed by atoms with Gasteiger partial charge in [-0.05, 0) is 48.0 Å². The number of halogens is 1. The smallest absolute Gasteiger partial charge is 0.242 e. The van der Waals surface area contributed by atoms with Gasteiger partial charge in [0, 0.05) is 10.7 Å². The van der Waals surface area contributed by atoms with Crippen LogP contribution in [0.2, 0.25) is 5.02 Å². The lowest BCUT2D eigenvalue weighted by Gasteiger charge is -2.16. The highest BCUT2D eigenvalue weighted by molar-refractivity contribution is 8.00. The monoisotopic (exact) mass is 472 g/mol. The summed E-state index contributed by atoms with van der Waals surface area (Å²) in [6.07, 6.45) is 0. The SMILES string of the molecule is NS(=O)(=O)c1ccc(NC(=O)C(Sc2nc3ccc(Cl)cc3[nH]2)c2ccccc2)cc1. The Hall–Kier alpha value is -2.85. The van der Waals surface area contributed by atoms with E-state index in [4.69, 9.17) is 16.7 Å². The van der Waals surface area contributed by atoms with Crippen molar-refractivity contribution < 1.29 is 13.2 Å². The number of aromatic nitrogens is 2. The molecular formula is C21H17ClN4O3S2. The number of nitrogens with one attached hydrogen (secondary N) is 2. The van der Waals surface area contributed by atoms with Crippen LogP contribution in [-0.4, -0.2) is 24.3 Å². The van der Waals surface area contributed by atoms with Gasteiger partial charge in [0.1, 0.15) is 5.25 Å². The second-order valence-electron chi connectivity index (χ2n) is 6.67. The van der Waals surface area contributed by atoms with Crippen LogP contribution in [0.5, 0.6) is 0 Å². The normalized spacial score (nSPS) is 12.6. The van der Waals surface area contributed by atoms with Gasteiger partial charge in [0.15, 0.2) is 5.16 Å². The van der Waals surface area contributed by atoms with E-state index < -0.39 is 15.3 Å². The highest BCUT2D eigenvalue weighted by Gasteiger charge is 2.24. The van der Waals surface area contributed by atoms with Crippen molar-refractivity contribution in [2.75, 3.05) is 5.32 Å². The lowest BCUT2D eigenvalue weighted by atomic mass is 10.1. The molecule has 158 valence electrons. The van der Waals surface area contributed by atoms with E-state index in [1.54, 1.807) is 12.1 Å². The number of carbonyl (C=O) groups excluding carboxylic acids is 1. The zero-order valence-corrected chi connectivity index (χ0v) is 18.3. The van der Waals surface area contributed by atoms with E-state index in [0.29, 0.717) is 15.9 Å². The molecule has 1 amide bonds. The predicted molar refractivity (Wildman–Crippen MR) is 123 cm³/mol. The molecule has 0 fully saturated rings. The maximum absolute atomic E-state index is 13.1. The van der Waals surface area contributed by atoms with Gasteiger partial charge in [-0.15, -0.1) is 0 Å². The van der Waals surface area contributed by atoms with Crippen LogP contribution in [0, 0.1) is 0 Å². The first-order valence-corrected chi connectivity index (χ1v) is 11.9. The minimum Gasteiger partial charge on any atom is -0.333 e. The maximum atomic E-state index is 13.1. The molecule has 0 bridgehead atoms. The number of nitrogens with zero attached hydrogens (tertiary/aromatic N) is 1. The minimum atomic E-state index is -3.80. The highest BCUT2D eigenvalue weighted by Crippen LogP contribution is 2.36. The number of primary sulfonamides is 1. The Bertz CT molecular complexity index is 1340. The van der Waals surface area contributed by atoms with Crippen molar-refractivity contribution in [3.63, 3.8) is 0 Å². The van der Waals surface area contributed by atoms with Gasteiger partial charge < -0.3 is 10.3 Å². The number of imidazole rings is 1. The van der Waals surface area contributed by atoms with Crippen LogP contribution in [0.15, 0.2) is 82.8 Å². The van der Waals surface area contributed by atoms with E-state index >= 15 is 0 Å². The lowest BCUT2D eigenvalue weighted by Crippen LogP contribution is -2.19. The summed E-state index contributed by atoms with van der Waals surface area (Å²) in [6, 6.07) is 20.3. The Kier molecular flexibility index (Phi) is 6.01.